The van der Waals surface area contributed by atoms with Crippen molar-refractivity contribution < 1.29 is 19.1 Å². The molecule has 0 saturated carbocycles. The maximum absolute atomic E-state index is 13.3. The number of fused-ring (bicyclic) bond motifs is 1. The molecule has 2 amide bonds. The normalized spacial score (nSPS) is 26.2. The lowest BCUT2D eigenvalue weighted by Gasteiger charge is -2.22. The predicted octanol–water partition coefficient (Wildman–Crippen LogP) is 2.32. The van der Waals surface area contributed by atoms with E-state index in [2.05, 4.69) is 11.9 Å². The van der Waals surface area contributed by atoms with Crippen LogP contribution in [0.2, 0.25) is 0 Å². The summed E-state index contributed by atoms with van der Waals surface area (Å²) in [4.78, 5) is 40.0. The van der Waals surface area contributed by atoms with Crippen molar-refractivity contribution in [3.63, 3.8) is 0 Å². The molecule has 0 unspecified atom stereocenters. The maximum atomic E-state index is 13.3. The van der Waals surface area contributed by atoms with E-state index in [0.717, 1.165) is 11.1 Å². The fraction of sp³-hybridized carbons (Fsp3) is 0.227. The molecule has 4 rings (SSSR count). The summed E-state index contributed by atoms with van der Waals surface area (Å²) in [6, 6.07) is 15.0. The molecule has 0 spiro atoms. The number of nitrogens with one attached hydrogen (secondary N) is 1. The topological polar surface area (TPSA) is 75.7 Å². The summed E-state index contributed by atoms with van der Waals surface area (Å²) in [7, 11) is 1.28. The van der Waals surface area contributed by atoms with E-state index in [1.54, 1.807) is 30.3 Å². The van der Waals surface area contributed by atoms with Gasteiger partial charge < -0.3 is 4.74 Å². The van der Waals surface area contributed by atoms with Gasteiger partial charge in [0.05, 0.1) is 24.6 Å². The van der Waals surface area contributed by atoms with E-state index in [4.69, 9.17) is 4.74 Å². The van der Waals surface area contributed by atoms with Gasteiger partial charge in [-0.25, -0.2) is 4.90 Å². The van der Waals surface area contributed by atoms with E-state index < -0.39 is 29.9 Å². The number of anilines is 1. The second-order valence-electron chi connectivity index (χ2n) is 6.92. The van der Waals surface area contributed by atoms with Gasteiger partial charge >= 0.3 is 5.97 Å². The highest BCUT2D eigenvalue weighted by molar-refractivity contribution is 6.23. The highest BCUT2D eigenvalue weighted by Gasteiger charge is 2.61. The number of carbonyl (C=O) groups is 3. The number of imide groups is 1. The molecule has 142 valence electrons. The van der Waals surface area contributed by atoms with E-state index in [1.807, 2.05) is 30.3 Å². The Hall–Kier alpha value is -3.25. The van der Waals surface area contributed by atoms with Gasteiger partial charge in [-0.1, -0.05) is 55.1 Å². The third-order valence-electron chi connectivity index (χ3n) is 5.45. The molecule has 6 nitrogen and oxygen atoms in total. The van der Waals surface area contributed by atoms with Crippen LogP contribution in [0, 0.1) is 11.8 Å². The molecule has 0 bridgehead atoms. The lowest BCUT2D eigenvalue weighted by Crippen LogP contribution is -2.43. The average Bonchev–Trinajstić information content (AvgIpc) is 3.25. The molecular weight excluding hydrogens is 356 g/mol. The number of methoxy groups -OCH3 is 1. The van der Waals surface area contributed by atoms with Gasteiger partial charge in [0.1, 0.15) is 6.04 Å². The van der Waals surface area contributed by atoms with Crippen molar-refractivity contribution in [1.29, 1.82) is 0 Å². The quantitative estimate of drug-likeness (QED) is 0.655. The van der Waals surface area contributed by atoms with Crippen molar-refractivity contribution in [2.24, 2.45) is 11.8 Å². The van der Waals surface area contributed by atoms with Crippen LogP contribution < -0.4 is 10.2 Å². The van der Waals surface area contributed by atoms with Crippen molar-refractivity contribution in [2.45, 2.75) is 12.1 Å². The van der Waals surface area contributed by atoms with Crippen molar-refractivity contribution in [3.05, 3.63) is 72.3 Å². The Bertz CT molecular complexity index is 956. The fourth-order valence-corrected chi connectivity index (χ4v) is 4.17. The highest BCUT2D eigenvalue weighted by atomic mass is 16.5. The van der Waals surface area contributed by atoms with Gasteiger partial charge in [-0.3, -0.25) is 19.7 Å². The first-order valence-corrected chi connectivity index (χ1v) is 9.06. The Balaban J connectivity index is 1.78. The Kier molecular flexibility index (Phi) is 4.57. The zero-order valence-corrected chi connectivity index (χ0v) is 15.4. The van der Waals surface area contributed by atoms with Crippen LogP contribution in [0.3, 0.4) is 0 Å². The monoisotopic (exact) mass is 376 g/mol. The zero-order valence-electron chi connectivity index (χ0n) is 15.4. The van der Waals surface area contributed by atoms with E-state index in [-0.39, 0.29) is 11.8 Å². The van der Waals surface area contributed by atoms with Crippen molar-refractivity contribution in [1.82, 2.24) is 5.32 Å². The Morgan fingerprint density at radius 1 is 1.07 bits per heavy atom. The van der Waals surface area contributed by atoms with Gasteiger partial charge in [0.2, 0.25) is 11.8 Å². The first-order chi connectivity index (χ1) is 13.6. The van der Waals surface area contributed by atoms with Crippen molar-refractivity contribution in [2.75, 3.05) is 12.0 Å². The Morgan fingerprint density at radius 3 is 2.46 bits per heavy atom. The first kappa shape index (κ1) is 18.1. The number of nitrogens with zero attached hydrogens (tertiary/aromatic N) is 1. The molecule has 1 N–H and O–H groups in total. The maximum Gasteiger partial charge on any atom is 0.323 e. The third-order valence-corrected chi connectivity index (χ3v) is 5.45. The highest BCUT2D eigenvalue weighted by Crippen LogP contribution is 2.45. The third kappa shape index (κ3) is 2.73. The fourth-order valence-electron chi connectivity index (χ4n) is 4.17. The molecular formula is C22H20N2O4. The van der Waals surface area contributed by atoms with E-state index >= 15 is 0 Å². The van der Waals surface area contributed by atoms with Crippen molar-refractivity contribution in [3.8, 4) is 0 Å². The average molecular weight is 376 g/mol. The molecule has 2 aromatic rings. The Morgan fingerprint density at radius 2 is 1.79 bits per heavy atom. The summed E-state index contributed by atoms with van der Waals surface area (Å²) >= 11 is 0. The molecule has 28 heavy (non-hydrogen) atoms. The molecule has 2 saturated heterocycles. The molecule has 2 aliphatic heterocycles. The van der Waals surface area contributed by atoms with Crippen LogP contribution in [0.5, 0.6) is 0 Å². The number of hydrogen-bond donors (Lipinski definition) is 1. The number of ether oxygens (including phenoxy) is 1. The standard InChI is InChI=1S/C22H20N2O4/c1-3-13-8-7-9-14(12-13)18-16-17(19(23-18)22(27)28-2)21(26)24(20(16)25)15-10-5-4-6-11-15/h3-12,16-19,23H,1H2,2H3/t16-,17+,18-,19-/m1/s1. The number of para-hydroxylation sites is 1. The molecule has 0 radical (unpaired) electrons. The molecule has 2 aromatic carbocycles. The van der Waals surface area contributed by atoms with E-state index in [0.29, 0.717) is 5.69 Å². The van der Waals surface area contributed by atoms with Crippen LogP contribution in [0.15, 0.2) is 61.2 Å². The SMILES string of the molecule is C=Cc1cccc([C@H]2N[C@@H](C(=O)OC)[C@H]3C(=O)N(c4ccccc4)C(=O)[C@H]32)c1. The van der Waals surface area contributed by atoms with Gasteiger partial charge in [-0.15, -0.1) is 0 Å². The molecule has 0 aliphatic carbocycles. The summed E-state index contributed by atoms with van der Waals surface area (Å²) in [5.41, 5.74) is 2.23. The minimum absolute atomic E-state index is 0.311. The van der Waals surface area contributed by atoms with Crippen LogP contribution in [0.4, 0.5) is 5.69 Å². The summed E-state index contributed by atoms with van der Waals surface area (Å²) in [6.45, 7) is 3.78. The molecule has 4 atom stereocenters. The van der Waals surface area contributed by atoms with Crippen LogP contribution in [0.1, 0.15) is 17.2 Å². The molecule has 2 aliphatic rings. The van der Waals surface area contributed by atoms with Crippen LogP contribution in [0.25, 0.3) is 6.08 Å². The summed E-state index contributed by atoms with van der Waals surface area (Å²) in [6.07, 6.45) is 1.71. The predicted molar refractivity (Wildman–Crippen MR) is 104 cm³/mol. The number of carbonyl (C=O) groups excluding carboxylic acids is 3. The molecule has 6 heteroatoms. The number of amides is 2. The minimum atomic E-state index is -0.877. The lowest BCUT2D eigenvalue weighted by atomic mass is 9.86. The first-order valence-electron chi connectivity index (χ1n) is 9.06. The van der Waals surface area contributed by atoms with E-state index in [1.165, 1.54) is 12.0 Å². The number of hydrogen-bond acceptors (Lipinski definition) is 5. The number of benzene rings is 2. The number of esters is 1. The largest absolute Gasteiger partial charge is 0.468 e. The number of rotatable bonds is 4. The minimum Gasteiger partial charge on any atom is -0.468 e. The molecule has 2 heterocycles. The second-order valence-corrected chi connectivity index (χ2v) is 6.92. The summed E-state index contributed by atoms with van der Waals surface area (Å²) < 4.78 is 4.90. The van der Waals surface area contributed by atoms with Gasteiger partial charge in [0.25, 0.3) is 0 Å². The van der Waals surface area contributed by atoms with Gasteiger partial charge in [-0.2, -0.15) is 0 Å². The zero-order chi connectivity index (χ0) is 19.8. The summed E-state index contributed by atoms with van der Waals surface area (Å²) in [5.74, 6) is -2.73. The van der Waals surface area contributed by atoms with E-state index in [9.17, 15) is 14.4 Å². The Labute approximate surface area is 162 Å². The van der Waals surface area contributed by atoms with Crippen LogP contribution in [-0.2, 0) is 19.1 Å². The molecule has 0 aromatic heterocycles. The second kappa shape index (κ2) is 7.05. The summed E-state index contributed by atoms with van der Waals surface area (Å²) in [5, 5.41) is 3.17. The molecule has 2 fully saturated rings. The van der Waals surface area contributed by atoms with Crippen molar-refractivity contribution >= 4 is 29.5 Å². The van der Waals surface area contributed by atoms with Crippen LogP contribution >= 0.6 is 0 Å². The van der Waals surface area contributed by atoms with Gasteiger partial charge in [0, 0.05) is 6.04 Å². The van der Waals surface area contributed by atoms with Gasteiger partial charge in [0.15, 0.2) is 0 Å². The smallest absolute Gasteiger partial charge is 0.323 e. The van der Waals surface area contributed by atoms with Crippen LogP contribution in [-0.4, -0.2) is 30.9 Å². The van der Waals surface area contributed by atoms with Gasteiger partial charge in [-0.05, 0) is 23.3 Å². The lowest BCUT2D eigenvalue weighted by molar-refractivity contribution is -0.145.